The Hall–Kier alpha value is -3.55. The lowest BCUT2D eigenvalue weighted by Gasteiger charge is -2.33. The van der Waals surface area contributed by atoms with Crippen LogP contribution in [0.2, 0.25) is 0 Å². The normalized spacial score (nSPS) is 21.9. The number of fused-ring (bicyclic) bond motifs is 3. The molecule has 1 saturated heterocycles. The molecule has 0 aromatic heterocycles. The van der Waals surface area contributed by atoms with Gasteiger partial charge in [0.15, 0.2) is 11.5 Å². The summed E-state index contributed by atoms with van der Waals surface area (Å²) in [5.74, 6) is 0.654. The van der Waals surface area contributed by atoms with Crippen LogP contribution in [-0.4, -0.2) is 42.5 Å². The summed E-state index contributed by atoms with van der Waals surface area (Å²) in [5, 5.41) is 5.91. The van der Waals surface area contributed by atoms with E-state index in [0.29, 0.717) is 31.1 Å². The molecular formula is C26H29N3O5. The Kier molecular flexibility index (Phi) is 5.67. The summed E-state index contributed by atoms with van der Waals surface area (Å²) in [6.07, 6.45) is 2.19. The number of carbonyl (C=O) groups excluding carboxylic acids is 3. The fourth-order valence-electron chi connectivity index (χ4n) is 5.21. The van der Waals surface area contributed by atoms with Crippen LogP contribution in [-0.2, 0) is 21.5 Å². The highest BCUT2D eigenvalue weighted by atomic mass is 16.6. The maximum atomic E-state index is 13.5. The molecule has 178 valence electrons. The summed E-state index contributed by atoms with van der Waals surface area (Å²) in [6.45, 7) is 4.66. The second-order valence-electron chi connectivity index (χ2n) is 9.43. The van der Waals surface area contributed by atoms with Gasteiger partial charge in [0.25, 0.3) is 5.91 Å². The van der Waals surface area contributed by atoms with Crippen LogP contribution >= 0.6 is 0 Å². The number of hydrogen-bond acceptors (Lipinski definition) is 5. The molecule has 8 heteroatoms. The fourth-order valence-corrected chi connectivity index (χ4v) is 5.21. The first kappa shape index (κ1) is 22.3. The second-order valence-corrected chi connectivity index (χ2v) is 9.43. The maximum absolute atomic E-state index is 13.5. The van der Waals surface area contributed by atoms with E-state index in [1.54, 1.807) is 0 Å². The van der Waals surface area contributed by atoms with Gasteiger partial charge in [0.05, 0.1) is 6.04 Å². The zero-order chi connectivity index (χ0) is 23.9. The molecule has 0 radical (unpaired) electrons. The average Bonchev–Trinajstić information content (AvgIpc) is 3.07. The number of rotatable bonds is 5. The first-order chi connectivity index (χ1) is 16.4. The van der Waals surface area contributed by atoms with Crippen LogP contribution in [0.5, 0.6) is 11.5 Å². The Morgan fingerprint density at radius 2 is 1.88 bits per heavy atom. The number of ether oxygens (including phenoxy) is 2. The van der Waals surface area contributed by atoms with Gasteiger partial charge in [-0.1, -0.05) is 44.2 Å². The molecule has 4 amide bonds. The Morgan fingerprint density at radius 1 is 1.12 bits per heavy atom. The molecule has 0 unspecified atom stereocenters. The van der Waals surface area contributed by atoms with Crippen LogP contribution in [0.4, 0.5) is 4.79 Å². The SMILES string of the molecule is CC(C)[C@@H](NC(=O)CN1C(=O)N[C@]2(CCCc3ccccc32)C1=O)c1ccc2c(c1)OCCO2. The van der Waals surface area contributed by atoms with Crippen LogP contribution in [0, 0.1) is 5.92 Å². The molecule has 1 aliphatic carbocycles. The number of aryl methyl sites for hydroxylation is 1. The van der Waals surface area contributed by atoms with E-state index >= 15 is 0 Å². The molecule has 34 heavy (non-hydrogen) atoms. The number of hydrogen-bond donors (Lipinski definition) is 2. The largest absolute Gasteiger partial charge is 0.486 e. The zero-order valence-corrected chi connectivity index (χ0v) is 19.4. The Bertz CT molecular complexity index is 1150. The van der Waals surface area contributed by atoms with Crippen LogP contribution in [0.1, 0.15) is 49.4 Å². The van der Waals surface area contributed by atoms with E-state index in [9.17, 15) is 14.4 Å². The third-order valence-corrected chi connectivity index (χ3v) is 6.86. The lowest BCUT2D eigenvalue weighted by atomic mass is 9.76. The van der Waals surface area contributed by atoms with Gasteiger partial charge in [-0.25, -0.2) is 4.79 Å². The van der Waals surface area contributed by atoms with Gasteiger partial charge in [-0.3, -0.25) is 14.5 Å². The second kappa shape index (κ2) is 8.66. The van der Waals surface area contributed by atoms with Crippen LogP contribution in [0.3, 0.4) is 0 Å². The number of imide groups is 1. The lowest BCUT2D eigenvalue weighted by molar-refractivity contribution is -0.136. The minimum Gasteiger partial charge on any atom is -0.486 e. The Labute approximate surface area is 198 Å². The highest BCUT2D eigenvalue weighted by Gasteiger charge is 2.54. The highest BCUT2D eigenvalue weighted by Crippen LogP contribution is 2.40. The van der Waals surface area contributed by atoms with E-state index in [0.717, 1.165) is 34.4 Å². The Morgan fingerprint density at radius 3 is 2.68 bits per heavy atom. The number of carbonyl (C=O) groups is 3. The fraction of sp³-hybridized carbons (Fsp3) is 0.423. The van der Waals surface area contributed by atoms with Crippen molar-refractivity contribution in [2.45, 2.75) is 44.7 Å². The maximum Gasteiger partial charge on any atom is 0.325 e. The molecule has 2 aromatic rings. The molecule has 2 atom stereocenters. The van der Waals surface area contributed by atoms with Crippen LogP contribution in [0.15, 0.2) is 42.5 Å². The minimum atomic E-state index is -1.08. The van der Waals surface area contributed by atoms with E-state index in [-0.39, 0.29) is 24.4 Å². The molecule has 1 spiro atoms. The first-order valence-corrected chi connectivity index (χ1v) is 11.8. The van der Waals surface area contributed by atoms with E-state index < -0.39 is 17.5 Å². The highest BCUT2D eigenvalue weighted by molar-refractivity contribution is 6.09. The van der Waals surface area contributed by atoms with Crippen molar-refractivity contribution in [2.75, 3.05) is 19.8 Å². The van der Waals surface area contributed by atoms with Gasteiger partial charge >= 0.3 is 6.03 Å². The number of nitrogens with one attached hydrogen (secondary N) is 2. The smallest absolute Gasteiger partial charge is 0.325 e. The summed E-state index contributed by atoms with van der Waals surface area (Å²) in [7, 11) is 0. The predicted octanol–water partition coefficient (Wildman–Crippen LogP) is 3.05. The van der Waals surface area contributed by atoms with Crippen molar-refractivity contribution in [2.24, 2.45) is 5.92 Å². The van der Waals surface area contributed by atoms with Crippen LogP contribution in [0.25, 0.3) is 0 Å². The van der Waals surface area contributed by atoms with Crippen molar-refractivity contribution in [1.29, 1.82) is 0 Å². The number of amides is 4. The van der Waals surface area contributed by atoms with E-state index in [2.05, 4.69) is 10.6 Å². The molecule has 0 bridgehead atoms. The van der Waals surface area contributed by atoms with Crippen LogP contribution < -0.4 is 20.1 Å². The van der Waals surface area contributed by atoms with Gasteiger partial charge in [-0.2, -0.15) is 0 Å². The standard InChI is InChI=1S/C26H29N3O5/c1-16(2)23(18-9-10-20-21(14-18)34-13-12-33-20)27-22(30)15-29-24(31)26(28-25(29)32)11-5-7-17-6-3-4-8-19(17)26/h3-4,6,8-10,14,16,23H,5,7,11-13,15H2,1-2H3,(H,27,30)(H,28,32)/t23-,26+/m1/s1. The van der Waals surface area contributed by atoms with Gasteiger partial charge < -0.3 is 20.1 Å². The summed E-state index contributed by atoms with van der Waals surface area (Å²) < 4.78 is 11.3. The average molecular weight is 464 g/mol. The minimum absolute atomic E-state index is 0.0752. The summed E-state index contributed by atoms with van der Waals surface area (Å²) in [4.78, 5) is 40.4. The van der Waals surface area contributed by atoms with Gasteiger partial charge in [0, 0.05) is 0 Å². The van der Waals surface area contributed by atoms with E-state index in [1.807, 2.05) is 56.3 Å². The summed E-state index contributed by atoms with van der Waals surface area (Å²) in [6, 6.07) is 12.5. The number of urea groups is 1. The molecule has 2 aromatic carbocycles. The van der Waals surface area contributed by atoms with Gasteiger partial charge in [0.1, 0.15) is 25.3 Å². The third kappa shape index (κ3) is 3.77. The van der Waals surface area contributed by atoms with Crippen molar-refractivity contribution in [3.63, 3.8) is 0 Å². The van der Waals surface area contributed by atoms with Crippen molar-refractivity contribution in [3.05, 3.63) is 59.2 Å². The molecule has 1 fully saturated rings. The first-order valence-electron chi connectivity index (χ1n) is 11.8. The monoisotopic (exact) mass is 463 g/mol. The molecule has 2 heterocycles. The van der Waals surface area contributed by atoms with E-state index in [4.69, 9.17) is 9.47 Å². The molecule has 0 saturated carbocycles. The molecule has 8 nitrogen and oxygen atoms in total. The third-order valence-electron chi connectivity index (χ3n) is 6.86. The molecule has 3 aliphatic rings. The molecule has 5 rings (SSSR count). The molecule has 2 N–H and O–H groups in total. The Balaban J connectivity index is 1.33. The van der Waals surface area contributed by atoms with Gasteiger partial charge in [-0.05, 0) is 54.0 Å². The van der Waals surface area contributed by atoms with Crippen molar-refractivity contribution in [1.82, 2.24) is 15.5 Å². The summed E-state index contributed by atoms with van der Waals surface area (Å²) in [5.41, 5.74) is 1.69. The van der Waals surface area contributed by atoms with Crippen molar-refractivity contribution in [3.8, 4) is 11.5 Å². The summed E-state index contributed by atoms with van der Waals surface area (Å²) >= 11 is 0. The predicted molar refractivity (Wildman–Crippen MR) is 124 cm³/mol. The quantitative estimate of drug-likeness (QED) is 0.665. The molecular weight excluding hydrogens is 434 g/mol. The number of nitrogens with zero attached hydrogens (tertiary/aromatic N) is 1. The van der Waals surface area contributed by atoms with Gasteiger partial charge in [-0.15, -0.1) is 0 Å². The molecule has 2 aliphatic heterocycles. The van der Waals surface area contributed by atoms with E-state index in [1.165, 1.54) is 0 Å². The van der Waals surface area contributed by atoms with Crippen molar-refractivity contribution >= 4 is 17.8 Å². The topological polar surface area (TPSA) is 97.0 Å². The van der Waals surface area contributed by atoms with Crippen molar-refractivity contribution < 1.29 is 23.9 Å². The zero-order valence-electron chi connectivity index (χ0n) is 19.4. The lowest BCUT2D eigenvalue weighted by Crippen LogP contribution is -2.47. The van der Waals surface area contributed by atoms with Gasteiger partial charge in [0.2, 0.25) is 5.91 Å². The number of benzene rings is 2.